The third-order valence-electron chi connectivity index (χ3n) is 7.48. The van der Waals surface area contributed by atoms with Gasteiger partial charge in [0.2, 0.25) is 5.95 Å². The number of nitrogens with zero attached hydrogens (tertiary/aromatic N) is 5. The fourth-order valence-corrected chi connectivity index (χ4v) is 5.15. The first-order valence-corrected chi connectivity index (χ1v) is 15.5. The van der Waals surface area contributed by atoms with E-state index in [1.54, 1.807) is 18.0 Å². The fourth-order valence-electron chi connectivity index (χ4n) is 4.04. The van der Waals surface area contributed by atoms with E-state index in [1.807, 2.05) is 24.4 Å². The molecule has 3 aromatic rings. The third kappa shape index (κ3) is 5.69. The molecule has 0 aliphatic carbocycles. The Balaban J connectivity index is 1.61. The summed E-state index contributed by atoms with van der Waals surface area (Å²) in [7, 11) is -0.262. The predicted octanol–water partition coefficient (Wildman–Crippen LogP) is 5.31. The van der Waals surface area contributed by atoms with Crippen molar-refractivity contribution in [3.63, 3.8) is 0 Å². The molecule has 0 amide bonds. The van der Waals surface area contributed by atoms with Crippen LogP contribution in [0.5, 0.6) is 0 Å². The minimum Gasteiger partial charge on any atom is -0.416 e. The number of hydrogen-bond donors (Lipinski definition) is 2. The molecule has 1 unspecified atom stereocenters. The van der Waals surface area contributed by atoms with Crippen molar-refractivity contribution in [2.75, 3.05) is 37.5 Å². The van der Waals surface area contributed by atoms with E-state index in [-0.39, 0.29) is 10.5 Å². The van der Waals surface area contributed by atoms with E-state index >= 15 is 0 Å². The Hall–Kier alpha value is -3.26. The average molecular weight is 520 g/mol. The van der Waals surface area contributed by atoms with E-state index in [4.69, 9.17) is 14.1 Å². The van der Waals surface area contributed by atoms with Crippen molar-refractivity contribution in [3.8, 4) is 17.3 Å². The van der Waals surface area contributed by atoms with E-state index in [2.05, 4.69) is 73.6 Å². The molecule has 0 bridgehead atoms. The Morgan fingerprint density at radius 3 is 2.76 bits per heavy atom. The number of methoxy groups -OCH3 is 1. The van der Waals surface area contributed by atoms with Gasteiger partial charge in [-0.1, -0.05) is 27.7 Å². The Bertz CT molecular complexity index is 1310. The summed E-state index contributed by atoms with van der Waals surface area (Å²) in [6, 6.07) is 10.1. The van der Waals surface area contributed by atoms with Crippen molar-refractivity contribution in [2.45, 2.75) is 57.8 Å². The number of benzene rings is 1. The number of nitrogens with one attached hydrogen (secondary N) is 2. The van der Waals surface area contributed by atoms with E-state index in [9.17, 15) is 5.26 Å². The molecule has 0 saturated carbocycles. The number of fused-ring (bicyclic) bond motifs is 1. The van der Waals surface area contributed by atoms with Crippen LogP contribution in [0.3, 0.4) is 0 Å². The molecule has 2 N–H and O–H groups in total. The molecule has 2 aromatic heterocycles. The maximum absolute atomic E-state index is 9.94. The lowest BCUT2D eigenvalue weighted by Gasteiger charge is -2.39. The maximum Gasteiger partial charge on any atom is 0.228 e. The highest BCUT2D eigenvalue weighted by Crippen LogP contribution is 2.44. The zero-order valence-electron chi connectivity index (χ0n) is 22.8. The summed E-state index contributed by atoms with van der Waals surface area (Å²) in [4.78, 5) is 9.09. The van der Waals surface area contributed by atoms with Gasteiger partial charge in [-0.3, -0.25) is 4.68 Å². The molecule has 0 radical (unpaired) electrons. The summed E-state index contributed by atoms with van der Waals surface area (Å²) in [6.07, 6.45) is 3.59. The number of hydrogen-bond acceptors (Lipinski definition) is 8. The average Bonchev–Trinajstić information content (AvgIpc) is 3.45. The van der Waals surface area contributed by atoms with Crippen LogP contribution in [-0.4, -0.2) is 54.9 Å². The topological polar surface area (TPSA) is 110 Å². The van der Waals surface area contributed by atoms with Crippen LogP contribution in [0, 0.1) is 11.3 Å². The third-order valence-corrected chi connectivity index (χ3v) is 12.0. The Labute approximate surface area is 220 Å². The van der Waals surface area contributed by atoms with Gasteiger partial charge in [-0.15, -0.1) is 0 Å². The number of anilines is 3. The van der Waals surface area contributed by atoms with Crippen molar-refractivity contribution in [1.82, 2.24) is 19.7 Å². The van der Waals surface area contributed by atoms with Crippen LogP contribution < -0.4 is 10.6 Å². The normalized spacial score (nSPS) is 17.2. The largest absolute Gasteiger partial charge is 0.416 e. The molecule has 0 spiro atoms. The first kappa shape index (κ1) is 26.8. The van der Waals surface area contributed by atoms with Gasteiger partial charge >= 0.3 is 0 Å². The van der Waals surface area contributed by atoms with Crippen LogP contribution >= 0.6 is 0 Å². The molecule has 0 fully saturated rings. The van der Waals surface area contributed by atoms with Crippen molar-refractivity contribution in [3.05, 3.63) is 47.8 Å². The molecule has 10 heteroatoms. The quantitative estimate of drug-likeness (QED) is 0.366. The van der Waals surface area contributed by atoms with Gasteiger partial charge in [0.05, 0.1) is 30.1 Å². The van der Waals surface area contributed by atoms with Gasteiger partial charge in [0.25, 0.3) is 0 Å². The second kappa shape index (κ2) is 10.2. The molecule has 0 saturated heterocycles. The lowest BCUT2D eigenvalue weighted by Crippen LogP contribution is -2.45. The lowest BCUT2D eigenvalue weighted by atomic mass is 9.83. The number of ether oxygens (including phenoxy) is 1. The molecule has 196 valence electrons. The van der Waals surface area contributed by atoms with E-state index < -0.39 is 8.32 Å². The minimum atomic E-state index is -1.93. The lowest BCUT2D eigenvalue weighted by molar-refractivity contribution is 0.183. The molecule has 1 atom stereocenters. The van der Waals surface area contributed by atoms with Crippen LogP contribution in [0.15, 0.2) is 36.7 Å². The highest BCUT2D eigenvalue weighted by Gasteiger charge is 2.42. The minimum absolute atomic E-state index is 0.127. The summed E-state index contributed by atoms with van der Waals surface area (Å²) in [5.41, 5.74) is 3.93. The highest BCUT2D eigenvalue weighted by molar-refractivity contribution is 6.74. The molecule has 3 heterocycles. The molecule has 1 aliphatic heterocycles. The second-order valence-electron chi connectivity index (χ2n) is 11.4. The van der Waals surface area contributed by atoms with Crippen molar-refractivity contribution in [2.24, 2.45) is 0 Å². The molecule has 37 heavy (non-hydrogen) atoms. The molecule has 1 aliphatic rings. The zero-order chi connectivity index (χ0) is 26.8. The van der Waals surface area contributed by atoms with Gasteiger partial charge in [-0.05, 0) is 41.9 Å². The Kier molecular flexibility index (Phi) is 7.42. The SMILES string of the molecule is COCCn1ccc(Nc2nccc(-c3cc(C#N)c4c(c3)C(C)(CO[Si](C)(C)C(C)(C)C)CN4)n2)n1. The van der Waals surface area contributed by atoms with E-state index in [1.165, 1.54) is 0 Å². The maximum atomic E-state index is 9.94. The first-order valence-electron chi connectivity index (χ1n) is 12.5. The summed E-state index contributed by atoms with van der Waals surface area (Å²) in [6.45, 7) is 16.1. The van der Waals surface area contributed by atoms with Crippen LogP contribution in [0.2, 0.25) is 18.1 Å². The number of rotatable bonds is 9. The van der Waals surface area contributed by atoms with Gasteiger partial charge in [-0.2, -0.15) is 10.4 Å². The van der Waals surface area contributed by atoms with Crippen LogP contribution in [0.1, 0.15) is 38.8 Å². The van der Waals surface area contributed by atoms with Crippen LogP contribution in [-0.2, 0) is 21.1 Å². The van der Waals surface area contributed by atoms with Crippen molar-refractivity contribution >= 4 is 25.8 Å². The predicted molar refractivity (Wildman–Crippen MR) is 149 cm³/mol. The van der Waals surface area contributed by atoms with Crippen LogP contribution in [0.25, 0.3) is 11.3 Å². The summed E-state index contributed by atoms with van der Waals surface area (Å²) < 4.78 is 13.5. The Morgan fingerprint density at radius 1 is 1.27 bits per heavy atom. The monoisotopic (exact) mass is 519 g/mol. The van der Waals surface area contributed by atoms with Gasteiger partial charge in [0, 0.05) is 49.7 Å². The standard InChI is InChI=1S/C27H37N7O2Si/c1-26(2,3)37(6,7)36-18-27(4)17-30-24-20(16-28)14-19(15-21(24)27)22-8-10-29-25(31-22)32-23-9-11-34(33-23)12-13-35-5/h8-11,14-15,30H,12-13,17-18H2,1-7H3,(H,29,31,32,33). The van der Waals surface area contributed by atoms with E-state index in [0.29, 0.717) is 37.1 Å². The van der Waals surface area contributed by atoms with Gasteiger partial charge in [0.1, 0.15) is 6.07 Å². The van der Waals surface area contributed by atoms with Crippen molar-refractivity contribution in [1.29, 1.82) is 5.26 Å². The molecular formula is C27H37N7O2Si. The number of nitriles is 1. The van der Waals surface area contributed by atoms with Crippen LogP contribution in [0.4, 0.5) is 17.5 Å². The molecule has 4 rings (SSSR count). The molecular weight excluding hydrogens is 482 g/mol. The first-order chi connectivity index (χ1) is 17.5. The summed E-state index contributed by atoms with van der Waals surface area (Å²) in [5.74, 6) is 1.09. The second-order valence-corrected chi connectivity index (χ2v) is 16.2. The smallest absolute Gasteiger partial charge is 0.228 e. The summed E-state index contributed by atoms with van der Waals surface area (Å²) >= 11 is 0. The van der Waals surface area contributed by atoms with Gasteiger partial charge in [0.15, 0.2) is 14.1 Å². The van der Waals surface area contributed by atoms with Gasteiger partial charge in [-0.25, -0.2) is 9.97 Å². The number of aromatic nitrogens is 4. The highest BCUT2D eigenvalue weighted by atomic mass is 28.4. The van der Waals surface area contributed by atoms with E-state index in [0.717, 1.165) is 29.1 Å². The Morgan fingerprint density at radius 2 is 2.05 bits per heavy atom. The fraction of sp³-hybridized carbons (Fsp3) is 0.481. The van der Waals surface area contributed by atoms with Gasteiger partial charge < -0.3 is 19.8 Å². The zero-order valence-corrected chi connectivity index (χ0v) is 23.8. The summed E-state index contributed by atoms with van der Waals surface area (Å²) in [5, 5.41) is 21.2. The molecule has 9 nitrogen and oxygen atoms in total. The van der Waals surface area contributed by atoms with Crippen molar-refractivity contribution < 1.29 is 9.16 Å². The molecule has 1 aromatic carbocycles.